The number of carbonyl (C=O) groups excluding carboxylic acids is 2. The number of nitrogens with zero attached hydrogens (tertiary/aromatic N) is 2. The molecule has 3 aromatic carbocycles. The number of carbonyl (C=O) groups is 2. The van der Waals surface area contributed by atoms with E-state index in [0.717, 1.165) is 23.1 Å². The second-order valence-electron chi connectivity index (χ2n) is 10.4. The number of amides is 2. The van der Waals surface area contributed by atoms with E-state index in [9.17, 15) is 18.0 Å². The SMILES string of the molecule is CCc1ccc(N(CCCC(=O)N(Cc2ccccc2Cl)[C@@H](Cc2ccccc2)C(=O)NC(C)C)S(C)(=O)=O)cc1. The Morgan fingerprint density at radius 1 is 0.902 bits per heavy atom. The Morgan fingerprint density at radius 3 is 2.12 bits per heavy atom. The van der Waals surface area contributed by atoms with Gasteiger partial charge in [0.1, 0.15) is 6.04 Å². The van der Waals surface area contributed by atoms with E-state index in [1.807, 2.05) is 81.4 Å². The van der Waals surface area contributed by atoms with Crippen molar-refractivity contribution in [1.29, 1.82) is 0 Å². The normalized spacial score (nSPS) is 12.1. The number of halogens is 1. The summed E-state index contributed by atoms with van der Waals surface area (Å²) in [6.07, 6.45) is 2.69. The van der Waals surface area contributed by atoms with Gasteiger partial charge < -0.3 is 10.2 Å². The number of aryl methyl sites for hydroxylation is 1. The van der Waals surface area contributed by atoms with Crippen molar-refractivity contribution < 1.29 is 18.0 Å². The van der Waals surface area contributed by atoms with Crippen LogP contribution in [0.3, 0.4) is 0 Å². The number of sulfonamides is 1. The molecule has 0 spiro atoms. The van der Waals surface area contributed by atoms with E-state index in [1.165, 1.54) is 10.6 Å². The van der Waals surface area contributed by atoms with Crippen LogP contribution in [0, 0.1) is 0 Å². The molecule has 0 aromatic heterocycles. The second-order valence-corrected chi connectivity index (χ2v) is 12.8. The average molecular weight is 598 g/mol. The van der Waals surface area contributed by atoms with Crippen LogP contribution in [0.25, 0.3) is 0 Å². The van der Waals surface area contributed by atoms with Gasteiger partial charge in [0.25, 0.3) is 0 Å². The summed E-state index contributed by atoms with van der Waals surface area (Å²) in [6, 6.07) is 23.3. The van der Waals surface area contributed by atoms with Crippen LogP contribution in [0.1, 0.15) is 50.3 Å². The highest BCUT2D eigenvalue weighted by Gasteiger charge is 2.31. The number of rotatable bonds is 14. The van der Waals surface area contributed by atoms with Gasteiger partial charge in [0.05, 0.1) is 11.9 Å². The van der Waals surface area contributed by atoms with E-state index < -0.39 is 16.1 Å². The standard InChI is InChI=1S/C32H40ClN3O4S/c1-5-25-17-19-28(20-18-25)36(41(4,39)40)21-11-16-31(37)35(23-27-14-9-10-15-29(27)33)30(32(38)34-24(2)3)22-26-12-7-6-8-13-26/h6-10,12-15,17-20,24,30H,5,11,16,21-23H2,1-4H3,(H,34,38)/t30-/m0/s1. The maximum Gasteiger partial charge on any atom is 0.243 e. The topological polar surface area (TPSA) is 86.8 Å². The largest absolute Gasteiger partial charge is 0.352 e. The van der Waals surface area contributed by atoms with Gasteiger partial charge in [-0.05, 0) is 61.6 Å². The number of anilines is 1. The highest BCUT2D eigenvalue weighted by Crippen LogP contribution is 2.23. The molecule has 0 bridgehead atoms. The Labute approximate surface area is 249 Å². The third-order valence-corrected chi connectivity index (χ3v) is 8.35. The van der Waals surface area contributed by atoms with Crippen LogP contribution in [0.2, 0.25) is 5.02 Å². The summed E-state index contributed by atoms with van der Waals surface area (Å²) in [7, 11) is -3.57. The Morgan fingerprint density at radius 2 is 1.54 bits per heavy atom. The molecule has 1 N–H and O–H groups in total. The zero-order valence-electron chi connectivity index (χ0n) is 24.2. The lowest BCUT2D eigenvalue weighted by atomic mass is 10.0. The van der Waals surface area contributed by atoms with Crippen LogP contribution in [0.15, 0.2) is 78.9 Å². The summed E-state index contributed by atoms with van der Waals surface area (Å²) in [4.78, 5) is 28.9. The van der Waals surface area contributed by atoms with Gasteiger partial charge in [0, 0.05) is 37.0 Å². The van der Waals surface area contributed by atoms with Crippen molar-refractivity contribution in [2.75, 3.05) is 17.1 Å². The number of hydrogen-bond donors (Lipinski definition) is 1. The molecule has 0 saturated heterocycles. The molecular formula is C32H40ClN3O4S. The molecule has 1 atom stereocenters. The molecule has 0 heterocycles. The van der Waals surface area contributed by atoms with Crippen LogP contribution in [0.5, 0.6) is 0 Å². The fourth-order valence-electron chi connectivity index (χ4n) is 4.65. The van der Waals surface area contributed by atoms with Gasteiger partial charge in [-0.1, -0.05) is 79.2 Å². The summed E-state index contributed by atoms with van der Waals surface area (Å²) in [5.41, 5.74) is 3.32. The van der Waals surface area contributed by atoms with E-state index in [-0.39, 0.29) is 43.8 Å². The van der Waals surface area contributed by atoms with E-state index >= 15 is 0 Å². The minimum atomic E-state index is -3.57. The van der Waals surface area contributed by atoms with Crippen LogP contribution < -0.4 is 9.62 Å². The molecule has 0 saturated carbocycles. The molecule has 3 aromatic rings. The molecule has 220 valence electrons. The highest BCUT2D eigenvalue weighted by atomic mass is 35.5. The fourth-order valence-corrected chi connectivity index (χ4v) is 5.81. The minimum absolute atomic E-state index is 0.0593. The molecule has 0 fully saturated rings. The first kappa shape index (κ1) is 32.2. The Balaban J connectivity index is 1.88. The maximum absolute atomic E-state index is 13.9. The van der Waals surface area contributed by atoms with Gasteiger partial charge in [0.15, 0.2) is 0 Å². The average Bonchev–Trinajstić information content (AvgIpc) is 2.93. The quantitative estimate of drug-likeness (QED) is 0.262. The van der Waals surface area contributed by atoms with Crippen LogP contribution >= 0.6 is 11.6 Å². The number of nitrogens with one attached hydrogen (secondary N) is 1. The van der Waals surface area contributed by atoms with Crippen molar-refractivity contribution >= 4 is 39.1 Å². The third kappa shape index (κ3) is 9.61. The summed E-state index contributed by atoms with van der Waals surface area (Å²) < 4.78 is 26.6. The molecule has 0 unspecified atom stereocenters. The molecule has 3 rings (SSSR count). The Bertz CT molecular complexity index is 1400. The molecular weight excluding hydrogens is 558 g/mol. The summed E-state index contributed by atoms with van der Waals surface area (Å²) in [6.45, 7) is 6.08. The highest BCUT2D eigenvalue weighted by molar-refractivity contribution is 7.92. The van der Waals surface area contributed by atoms with E-state index in [4.69, 9.17) is 11.6 Å². The second kappa shape index (κ2) is 15.0. The van der Waals surface area contributed by atoms with Crippen molar-refractivity contribution in [2.45, 2.75) is 65.1 Å². The summed E-state index contributed by atoms with van der Waals surface area (Å²) >= 11 is 6.48. The lowest BCUT2D eigenvalue weighted by Crippen LogP contribution is -2.51. The lowest BCUT2D eigenvalue weighted by Gasteiger charge is -2.32. The summed E-state index contributed by atoms with van der Waals surface area (Å²) in [5.74, 6) is -0.502. The predicted molar refractivity (Wildman–Crippen MR) is 166 cm³/mol. The fraction of sp³-hybridized carbons (Fsp3) is 0.375. The van der Waals surface area contributed by atoms with Crippen molar-refractivity contribution in [2.24, 2.45) is 0 Å². The van der Waals surface area contributed by atoms with Crippen molar-refractivity contribution in [1.82, 2.24) is 10.2 Å². The van der Waals surface area contributed by atoms with Crippen LogP contribution in [0.4, 0.5) is 5.69 Å². The lowest BCUT2D eigenvalue weighted by molar-refractivity contribution is -0.141. The van der Waals surface area contributed by atoms with Crippen LogP contribution in [-0.2, 0) is 39.0 Å². The molecule has 0 aliphatic carbocycles. The first-order valence-corrected chi connectivity index (χ1v) is 16.2. The molecule has 0 aliphatic rings. The van der Waals surface area contributed by atoms with Gasteiger partial charge in [-0.2, -0.15) is 0 Å². The zero-order chi connectivity index (χ0) is 30.0. The molecule has 0 aliphatic heterocycles. The number of hydrogen-bond acceptors (Lipinski definition) is 4. The third-order valence-electron chi connectivity index (χ3n) is 6.79. The molecule has 41 heavy (non-hydrogen) atoms. The predicted octanol–water partition coefficient (Wildman–Crippen LogP) is 5.61. The first-order chi connectivity index (χ1) is 19.5. The molecule has 9 heteroatoms. The molecule has 7 nitrogen and oxygen atoms in total. The molecule has 0 radical (unpaired) electrons. The monoisotopic (exact) mass is 597 g/mol. The van der Waals surface area contributed by atoms with E-state index in [0.29, 0.717) is 17.1 Å². The van der Waals surface area contributed by atoms with Gasteiger partial charge in [-0.3, -0.25) is 13.9 Å². The smallest absolute Gasteiger partial charge is 0.243 e. The minimum Gasteiger partial charge on any atom is -0.352 e. The zero-order valence-corrected chi connectivity index (χ0v) is 25.8. The van der Waals surface area contributed by atoms with Crippen molar-refractivity contribution in [3.63, 3.8) is 0 Å². The van der Waals surface area contributed by atoms with Crippen molar-refractivity contribution in [3.8, 4) is 0 Å². The Kier molecular flexibility index (Phi) is 11.8. The van der Waals surface area contributed by atoms with Crippen LogP contribution in [-0.4, -0.2) is 50.0 Å². The molecule has 2 amide bonds. The van der Waals surface area contributed by atoms with E-state index in [2.05, 4.69) is 5.32 Å². The maximum atomic E-state index is 13.9. The van der Waals surface area contributed by atoms with Gasteiger partial charge in [-0.15, -0.1) is 0 Å². The van der Waals surface area contributed by atoms with Gasteiger partial charge in [0.2, 0.25) is 21.8 Å². The summed E-state index contributed by atoms with van der Waals surface area (Å²) in [5, 5.41) is 3.48. The van der Waals surface area contributed by atoms with Gasteiger partial charge >= 0.3 is 0 Å². The first-order valence-electron chi connectivity index (χ1n) is 13.9. The van der Waals surface area contributed by atoms with Gasteiger partial charge in [-0.25, -0.2) is 8.42 Å². The Hall–Kier alpha value is -3.36. The number of benzene rings is 3. The van der Waals surface area contributed by atoms with Crippen molar-refractivity contribution in [3.05, 3.63) is 101 Å². The van der Waals surface area contributed by atoms with E-state index in [1.54, 1.807) is 23.1 Å².